The third kappa shape index (κ3) is 4.30. The van der Waals surface area contributed by atoms with Crippen LogP contribution in [0.1, 0.15) is 42.3 Å². The second kappa shape index (κ2) is 8.83. The van der Waals surface area contributed by atoms with E-state index in [2.05, 4.69) is 20.6 Å². The number of fused-ring (bicyclic) bond motifs is 1. The van der Waals surface area contributed by atoms with Crippen molar-refractivity contribution in [1.29, 1.82) is 0 Å². The van der Waals surface area contributed by atoms with Crippen LogP contribution in [0, 0.1) is 12.8 Å². The Balaban J connectivity index is 1.44. The number of carbonyl (C=O) groups excluding carboxylic acids is 1. The summed E-state index contributed by atoms with van der Waals surface area (Å²) in [6.07, 6.45) is 4.90. The van der Waals surface area contributed by atoms with E-state index in [1.54, 1.807) is 16.8 Å². The van der Waals surface area contributed by atoms with Gasteiger partial charge in [0.2, 0.25) is 5.91 Å². The summed E-state index contributed by atoms with van der Waals surface area (Å²) in [4.78, 5) is 34.4. The smallest absolute Gasteiger partial charge is 0.294 e. The Morgan fingerprint density at radius 2 is 2.10 bits per heavy atom. The van der Waals surface area contributed by atoms with Crippen LogP contribution in [0.15, 0.2) is 23.1 Å². The van der Waals surface area contributed by atoms with E-state index >= 15 is 0 Å². The Morgan fingerprint density at radius 3 is 2.87 bits per heavy atom. The van der Waals surface area contributed by atoms with Crippen molar-refractivity contribution in [2.75, 3.05) is 30.8 Å². The average Bonchev–Trinajstić information content (AvgIpc) is 3.18. The molecule has 2 aliphatic rings. The molecule has 2 aliphatic heterocycles. The zero-order valence-electron chi connectivity index (χ0n) is 17.2. The topological polar surface area (TPSA) is 124 Å². The van der Waals surface area contributed by atoms with Gasteiger partial charge in [0, 0.05) is 43.9 Å². The number of aryl methyl sites for hydroxylation is 2. The monoisotopic (exact) mass is 412 g/mol. The fraction of sp³-hybridized carbons (Fsp3) is 0.524. The number of anilines is 2. The molecule has 1 amide bonds. The van der Waals surface area contributed by atoms with Crippen molar-refractivity contribution < 1.29 is 9.53 Å². The van der Waals surface area contributed by atoms with E-state index in [9.17, 15) is 9.59 Å². The molecule has 1 fully saturated rings. The maximum absolute atomic E-state index is 13.0. The molecule has 30 heavy (non-hydrogen) atoms. The number of aromatic nitrogens is 3. The summed E-state index contributed by atoms with van der Waals surface area (Å²) in [5, 5.41) is 6.13. The molecular formula is C21H28N6O3. The zero-order valence-corrected chi connectivity index (χ0v) is 17.2. The molecule has 2 aromatic rings. The molecule has 0 unspecified atom stereocenters. The first-order valence-electron chi connectivity index (χ1n) is 10.4. The first kappa shape index (κ1) is 20.3. The third-order valence-electron chi connectivity index (χ3n) is 5.93. The van der Waals surface area contributed by atoms with Gasteiger partial charge in [-0.15, -0.1) is 0 Å². The summed E-state index contributed by atoms with van der Waals surface area (Å²) < 4.78 is 6.97. The Labute approximate surface area is 175 Å². The molecule has 160 valence electrons. The number of nitrogens with zero attached hydrogens (tertiary/aromatic N) is 3. The lowest BCUT2D eigenvalue weighted by molar-refractivity contribution is -0.124. The molecule has 0 radical (unpaired) electrons. The molecule has 4 N–H and O–H groups in total. The lowest BCUT2D eigenvalue weighted by Gasteiger charge is -2.22. The molecule has 0 spiro atoms. The first-order valence-corrected chi connectivity index (χ1v) is 10.4. The summed E-state index contributed by atoms with van der Waals surface area (Å²) in [6.45, 7) is 4.40. The highest BCUT2D eigenvalue weighted by Crippen LogP contribution is 2.24. The maximum atomic E-state index is 13.0. The maximum Gasteiger partial charge on any atom is 0.294 e. The van der Waals surface area contributed by atoms with Crippen molar-refractivity contribution in [2.45, 2.75) is 45.2 Å². The Bertz CT molecular complexity index is 983. The fourth-order valence-corrected chi connectivity index (χ4v) is 4.10. The van der Waals surface area contributed by atoms with Gasteiger partial charge in [-0.2, -0.15) is 0 Å². The van der Waals surface area contributed by atoms with Crippen molar-refractivity contribution in [3.63, 3.8) is 0 Å². The SMILES string of the molecule is Cc1nc(N)ccc1CNC(=O)[C@@H]1CCc2cnc(NCC3CCOCC3)c(=O)n21. The van der Waals surface area contributed by atoms with Crippen molar-refractivity contribution in [3.05, 3.63) is 45.6 Å². The standard InChI is InChI=1S/C21H28N6O3/c1-13-15(2-5-18(22)26-13)11-25-20(28)17-4-3-16-12-24-19(21(29)27(16)17)23-10-14-6-8-30-9-7-14/h2,5,12,14,17H,3-4,6-11H2,1H3,(H2,22,26)(H,23,24)(H,25,28)/t17-/m0/s1. The molecule has 0 saturated carbocycles. The van der Waals surface area contributed by atoms with Gasteiger partial charge in [0.05, 0.1) is 0 Å². The van der Waals surface area contributed by atoms with E-state index in [-0.39, 0.29) is 11.5 Å². The van der Waals surface area contributed by atoms with E-state index in [0.717, 1.165) is 43.0 Å². The van der Waals surface area contributed by atoms with Crippen LogP contribution in [0.3, 0.4) is 0 Å². The fourth-order valence-electron chi connectivity index (χ4n) is 4.10. The number of ether oxygens (including phenoxy) is 1. The van der Waals surface area contributed by atoms with Crippen LogP contribution in [0.2, 0.25) is 0 Å². The summed E-state index contributed by atoms with van der Waals surface area (Å²) >= 11 is 0. The zero-order chi connectivity index (χ0) is 21.1. The Morgan fingerprint density at radius 1 is 1.30 bits per heavy atom. The quantitative estimate of drug-likeness (QED) is 0.650. The lowest BCUT2D eigenvalue weighted by atomic mass is 10.0. The van der Waals surface area contributed by atoms with Crippen molar-refractivity contribution in [2.24, 2.45) is 5.92 Å². The van der Waals surface area contributed by atoms with E-state index in [0.29, 0.717) is 43.5 Å². The number of pyridine rings is 1. The molecule has 1 atom stereocenters. The molecule has 1 saturated heterocycles. The molecule has 2 aromatic heterocycles. The molecule has 9 nitrogen and oxygen atoms in total. The van der Waals surface area contributed by atoms with Gasteiger partial charge in [0.25, 0.3) is 5.56 Å². The number of amides is 1. The summed E-state index contributed by atoms with van der Waals surface area (Å²) in [5.41, 5.74) is 7.92. The van der Waals surface area contributed by atoms with Crippen LogP contribution < -0.4 is 21.9 Å². The lowest BCUT2D eigenvalue weighted by Crippen LogP contribution is -2.37. The summed E-state index contributed by atoms with van der Waals surface area (Å²) in [7, 11) is 0. The highest BCUT2D eigenvalue weighted by Gasteiger charge is 2.30. The third-order valence-corrected chi connectivity index (χ3v) is 5.93. The Kier molecular flexibility index (Phi) is 5.98. The van der Waals surface area contributed by atoms with E-state index in [1.165, 1.54) is 0 Å². The summed E-state index contributed by atoms with van der Waals surface area (Å²) in [6, 6.07) is 3.04. The van der Waals surface area contributed by atoms with E-state index in [4.69, 9.17) is 10.5 Å². The number of nitrogens with two attached hydrogens (primary N) is 1. The number of carbonyl (C=O) groups is 1. The minimum absolute atomic E-state index is 0.173. The number of hydrogen-bond donors (Lipinski definition) is 3. The second-order valence-electron chi connectivity index (χ2n) is 7.96. The van der Waals surface area contributed by atoms with Crippen LogP contribution in [0.5, 0.6) is 0 Å². The van der Waals surface area contributed by atoms with Crippen LogP contribution in [0.25, 0.3) is 0 Å². The highest BCUT2D eigenvalue weighted by atomic mass is 16.5. The largest absolute Gasteiger partial charge is 0.384 e. The van der Waals surface area contributed by atoms with Crippen molar-refractivity contribution in [1.82, 2.24) is 19.9 Å². The predicted molar refractivity (Wildman–Crippen MR) is 113 cm³/mol. The minimum atomic E-state index is -0.527. The van der Waals surface area contributed by atoms with Gasteiger partial charge in [-0.3, -0.25) is 14.2 Å². The van der Waals surface area contributed by atoms with Gasteiger partial charge >= 0.3 is 0 Å². The van der Waals surface area contributed by atoms with E-state index < -0.39 is 6.04 Å². The average molecular weight is 412 g/mol. The molecule has 9 heteroatoms. The van der Waals surface area contributed by atoms with Crippen LogP contribution >= 0.6 is 0 Å². The van der Waals surface area contributed by atoms with Crippen LogP contribution in [-0.4, -0.2) is 40.2 Å². The number of hydrogen-bond acceptors (Lipinski definition) is 7. The minimum Gasteiger partial charge on any atom is -0.384 e. The molecule has 4 rings (SSSR count). The van der Waals surface area contributed by atoms with Gasteiger partial charge in [0.1, 0.15) is 11.9 Å². The first-order chi connectivity index (χ1) is 14.5. The molecule has 0 aliphatic carbocycles. The van der Waals surface area contributed by atoms with Gasteiger partial charge in [-0.05, 0) is 50.2 Å². The number of rotatable bonds is 6. The summed E-state index contributed by atoms with van der Waals surface area (Å²) in [5.74, 6) is 1.05. The van der Waals surface area contributed by atoms with Crippen molar-refractivity contribution >= 4 is 17.5 Å². The number of nitrogens with one attached hydrogen (secondary N) is 2. The van der Waals surface area contributed by atoms with Crippen LogP contribution in [0.4, 0.5) is 11.6 Å². The molecule has 0 bridgehead atoms. The molecule has 4 heterocycles. The molecule has 0 aromatic carbocycles. The van der Waals surface area contributed by atoms with E-state index in [1.807, 2.05) is 13.0 Å². The molecular weight excluding hydrogens is 384 g/mol. The van der Waals surface area contributed by atoms with Gasteiger partial charge in [0.15, 0.2) is 5.82 Å². The van der Waals surface area contributed by atoms with Gasteiger partial charge in [-0.1, -0.05) is 6.07 Å². The predicted octanol–water partition coefficient (Wildman–Crippen LogP) is 1.17. The van der Waals surface area contributed by atoms with Crippen molar-refractivity contribution in [3.8, 4) is 0 Å². The normalized spacial score (nSPS) is 18.8. The number of nitrogen functional groups attached to an aromatic ring is 1. The highest BCUT2D eigenvalue weighted by molar-refractivity contribution is 5.81. The van der Waals surface area contributed by atoms with Gasteiger partial charge < -0.3 is 21.1 Å². The Hall–Kier alpha value is -2.94. The van der Waals surface area contributed by atoms with Gasteiger partial charge in [-0.25, -0.2) is 9.97 Å². The second-order valence-corrected chi connectivity index (χ2v) is 7.96. The van der Waals surface area contributed by atoms with Crippen LogP contribution in [-0.2, 0) is 22.5 Å².